The van der Waals surface area contributed by atoms with Gasteiger partial charge in [0.05, 0.1) is 0 Å². The van der Waals surface area contributed by atoms with Crippen molar-refractivity contribution in [3.63, 3.8) is 0 Å². The highest BCUT2D eigenvalue weighted by Gasteiger charge is 2.23. The van der Waals surface area contributed by atoms with E-state index in [9.17, 15) is 14.0 Å². The lowest BCUT2D eigenvalue weighted by molar-refractivity contribution is -0.135. The van der Waals surface area contributed by atoms with E-state index in [1.807, 2.05) is 0 Å². The monoisotopic (exact) mass is 268 g/mol. The number of rotatable bonds is 6. The molecule has 3 N–H and O–H groups in total. The van der Waals surface area contributed by atoms with Crippen LogP contribution in [0.1, 0.15) is 25.5 Å². The van der Waals surface area contributed by atoms with E-state index >= 15 is 0 Å². The Morgan fingerprint density at radius 2 is 1.95 bits per heavy atom. The van der Waals surface area contributed by atoms with E-state index in [1.165, 1.54) is 24.3 Å². The molecule has 0 saturated carbocycles. The predicted molar refractivity (Wildman–Crippen MR) is 67.6 cm³/mol. The second kappa shape index (κ2) is 6.84. The molecule has 1 aromatic rings. The molecule has 104 valence electrons. The van der Waals surface area contributed by atoms with Gasteiger partial charge in [0.2, 0.25) is 11.8 Å². The van der Waals surface area contributed by atoms with E-state index in [-0.39, 0.29) is 0 Å². The Labute approximate surface area is 110 Å². The normalized spacial score (nSPS) is 13.6. The highest BCUT2D eigenvalue weighted by molar-refractivity contribution is 5.89. The summed E-state index contributed by atoms with van der Waals surface area (Å²) in [6.07, 6.45) is -0.688. The lowest BCUT2D eigenvalue weighted by Crippen LogP contribution is -2.42. The summed E-state index contributed by atoms with van der Waals surface area (Å²) >= 11 is 0. The van der Waals surface area contributed by atoms with E-state index < -0.39 is 29.8 Å². The minimum Gasteiger partial charge on any atom is -0.369 e. The second-order valence-corrected chi connectivity index (χ2v) is 3.99. The molecule has 5 nitrogen and oxygen atoms in total. The van der Waals surface area contributed by atoms with Crippen LogP contribution in [-0.2, 0) is 14.3 Å². The maximum atomic E-state index is 12.8. The van der Waals surface area contributed by atoms with Crippen LogP contribution in [0.4, 0.5) is 4.39 Å². The molecule has 2 atom stereocenters. The van der Waals surface area contributed by atoms with Gasteiger partial charge in [-0.3, -0.25) is 9.59 Å². The van der Waals surface area contributed by atoms with Crippen LogP contribution in [0.2, 0.25) is 0 Å². The van der Waals surface area contributed by atoms with Crippen LogP contribution >= 0.6 is 0 Å². The number of nitrogens with two attached hydrogens (primary N) is 1. The van der Waals surface area contributed by atoms with Gasteiger partial charge in [-0.15, -0.1) is 0 Å². The van der Waals surface area contributed by atoms with Gasteiger partial charge in [0, 0.05) is 6.61 Å². The van der Waals surface area contributed by atoms with Crippen LogP contribution in [0, 0.1) is 5.82 Å². The van der Waals surface area contributed by atoms with Crippen LogP contribution in [-0.4, -0.2) is 24.5 Å². The van der Waals surface area contributed by atoms with Crippen molar-refractivity contribution in [2.24, 2.45) is 5.73 Å². The van der Waals surface area contributed by atoms with Crippen molar-refractivity contribution < 1.29 is 18.7 Å². The van der Waals surface area contributed by atoms with E-state index in [4.69, 9.17) is 10.5 Å². The smallest absolute Gasteiger partial charge is 0.249 e. The zero-order chi connectivity index (χ0) is 14.4. The first-order chi connectivity index (χ1) is 8.95. The summed E-state index contributed by atoms with van der Waals surface area (Å²) in [6, 6.07) is 4.19. The maximum Gasteiger partial charge on any atom is 0.249 e. The molecular formula is C13H17FN2O3. The van der Waals surface area contributed by atoms with Crippen LogP contribution in [0.15, 0.2) is 24.3 Å². The first kappa shape index (κ1) is 15.1. The van der Waals surface area contributed by atoms with Crippen LogP contribution in [0.5, 0.6) is 0 Å². The highest BCUT2D eigenvalue weighted by Crippen LogP contribution is 2.13. The number of amides is 2. The van der Waals surface area contributed by atoms with Crippen molar-refractivity contribution in [3.05, 3.63) is 35.6 Å². The molecule has 0 fully saturated rings. The van der Waals surface area contributed by atoms with Crippen molar-refractivity contribution >= 4 is 11.8 Å². The van der Waals surface area contributed by atoms with Gasteiger partial charge in [-0.1, -0.05) is 12.1 Å². The van der Waals surface area contributed by atoms with Crippen LogP contribution in [0.3, 0.4) is 0 Å². The first-order valence-electron chi connectivity index (χ1n) is 5.92. The molecule has 0 spiro atoms. The van der Waals surface area contributed by atoms with Crippen molar-refractivity contribution in [1.29, 1.82) is 0 Å². The molecule has 0 aliphatic heterocycles. The van der Waals surface area contributed by atoms with Gasteiger partial charge in [-0.2, -0.15) is 0 Å². The topological polar surface area (TPSA) is 81.4 Å². The predicted octanol–water partition coefficient (Wildman–Crippen LogP) is 0.893. The van der Waals surface area contributed by atoms with Crippen molar-refractivity contribution in [1.82, 2.24) is 5.32 Å². The summed E-state index contributed by atoms with van der Waals surface area (Å²) in [7, 11) is 0. The molecule has 6 heteroatoms. The molecule has 1 rings (SSSR count). The molecule has 0 unspecified atom stereocenters. The average molecular weight is 268 g/mol. The third-order valence-electron chi connectivity index (χ3n) is 2.56. The first-order valence-corrected chi connectivity index (χ1v) is 5.92. The summed E-state index contributed by atoms with van der Waals surface area (Å²) in [5.74, 6) is -1.60. The summed E-state index contributed by atoms with van der Waals surface area (Å²) in [5, 5.41) is 2.48. The molecule has 0 aliphatic rings. The molecule has 19 heavy (non-hydrogen) atoms. The van der Waals surface area contributed by atoms with Crippen molar-refractivity contribution in [2.45, 2.75) is 26.0 Å². The third-order valence-corrected chi connectivity index (χ3v) is 2.56. The molecule has 0 bridgehead atoms. The Bertz CT molecular complexity index is 448. The number of ether oxygens (including phenoxy) is 1. The van der Waals surface area contributed by atoms with Gasteiger partial charge in [0.25, 0.3) is 0 Å². The molecular weight excluding hydrogens is 251 g/mol. The summed E-state index contributed by atoms with van der Waals surface area (Å²) in [5.41, 5.74) is 5.66. The molecule has 0 radical (unpaired) electrons. The number of carbonyl (C=O) groups excluding carboxylic acids is 2. The van der Waals surface area contributed by atoms with Crippen molar-refractivity contribution in [3.8, 4) is 0 Å². The fraction of sp³-hybridized carbons (Fsp3) is 0.385. The average Bonchev–Trinajstić information content (AvgIpc) is 2.37. The fourth-order valence-corrected chi connectivity index (χ4v) is 1.56. The van der Waals surface area contributed by atoms with Crippen LogP contribution < -0.4 is 11.1 Å². The number of halogens is 1. The van der Waals surface area contributed by atoms with Gasteiger partial charge in [-0.05, 0) is 31.5 Å². The highest BCUT2D eigenvalue weighted by atomic mass is 19.1. The molecule has 0 aromatic heterocycles. The minimum atomic E-state index is -1.00. The van der Waals surface area contributed by atoms with E-state index in [2.05, 4.69) is 5.32 Å². The standard InChI is InChI=1S/C13H17FN2O3/c1-3-19-8(2)13(18)16-11(12(15)17)9-4-6-10(14)7-5-9/h4-8,11H,3H2,1-2H3,(H2,15,17)(H,16,18)/t8-,11+/m1/s1. The number of primary amides is 1. The number of benzene rings is 1. The maximum absolute atomic E-state index is 12.8. The lowest BCUT2D eigenvalue weighted by Gasteiger charge is -2.18. The minimum absolute atomic E-state index is 0.381. The van der Waals surface area contributed by atoms with Gasteiger partial charge in [0.15, 0.2) is 0 Å². The zero-order valence-electron chi connectivity index (χ0n) is 10.9. The second-order valence-electron chi connectivity index (χ2n) is 3.99. The number of hydrogen-bond donors (Lipinski definition) is 2. The Kier molecular flexibility index (Phi) is 5.44. The van der Waals surface area contributed by atoms with Crippen LogP contribution in [0.25, 0.3) is 0 Å². The number of hydrogen-bond acceptors (Lipinski definition) is 3. The Morgan fingerprint density at radius 1 is 1.37 bits per heavy atom. The van der Waals surface area contributed by atoms with Gasteiger partial charge >= 0.3 is 0 Å². The molecule has 0 aliphatic carbocycles. The van der Waals surface area contributed by atoms with Gasteiger partial charge < -0.3 is 15.8 Å². The van der Waals surface area contributed by atoms with E-state index in [0.29, 0.717) is 12.2 Å². The molecule has 0 heterocycles. The van der Waals surface area contributed by atoms with Gasteiger partial charge in [-0.25, -0.2) is 4.39 Å². The molecule has 2 amide bonds. The van der Waals surface area contributed by atoms with Gasteiger partial charge in [0.1, 0.15) is 18.0 Å². The molecule has 0 saturated heterocycles. The lowest BCUT2D eigenvalue weighted by atomic mass is 10.1. The Balaban J connectivity index is 2.82. The summed E-state index contributed by atoms with van der Waals surface area (Å²) < 4.78 is 17.9. The zero-order valence-corrected chi connectivity index (χ0v) is 10.9. The Hall–Kier alpha value is -1.95. The third kappa shape index (κ3) is 4.33. The largest absolute Gasteiger partial charge is 0.369 e. The SMILES string of the molecule is CCO[C@H](C)C(=O)N[C@H](C(N)=O)c1ccc(F)cc1. The van der Waals surface area contributed by atoms with Crippen molar-refractivity contribution in [2.75, 3.05) is 6.61 Å². The fourth-order valence-electron chi connectivity index (χ4n) is 1.56. The number of nitrogens with one attached hydrogen (secondary N) is 1. The quantitative estimate of drug-likeness (QED) is 0.804. The molecule has 1 aromatic carbocycles. The Morgan fingerprint density at radius 3 is 2.42 bits per heavy atom. The van der Waals surface area contributed by atoms with E-state index in [0.717, 1.165) is 0 Å². The van der Waals surface area contributed by atoms with E-state index in [1.54, 1.807) is 13.8 Å². The summed E-state index contributed by atoms with van der Waals surface area (Å²) in [4.78, 5) is 23.1. The number of carbonyl (C=O) groups is 2. The summed E-state index contributed by atoms with van der Waals surface area (Å²) in [6.45, 7) is 3.71.